The molecule has 5 heteroatoms. The summed E-state index contributed by atoms with van der Waals surface area (Å²) in [6.45, 7) is 0.926. The highest BCUT2D eigenvalue weighted by Crippen LogP contribution is 2.23. The van der Waals surface area contributed by atoms with Crippen LogP contribution >= 0.6 is 39.1 Å². The molecule has 0 unspecified atom stereocenters. The lowest BCUT2D eigenvalue weighted by Gasteiger charge is -2.07. The van der Waals surface area contributed by atoms with Gasteiger partial charge in [-0.1, -0.05) is 24.4 Å². The van der Waals surface area contributed by atoms with Crippen LogP contribution in [0.15, 0.2) is 16.7 Å². The molecule has 0 fully saturated rings. The molecule has 1 rings (SSSR count). The van der Waals surface area contributed by atoms with Gasteiger partial charge in [0.1, 0.15) is 5.82 Å². The molecule has 0 atom stereocenters. The van der Waals surface area contributed by atoms with E-state index in [4.69, 9.17) is 23.2 Å². The number of halogens is 3. The van der Waals surface area contributed by atoms with Crippen LogP contribution in [-0.2, 0) is 0 Å². The summed E-state index contributed by atoms with van der Waals surface area (Å²) >= 11 is 14.8. The van der Waals surface area contributed by atoms with Crippen LogP contribution < -0.4 is 5.32 Å². The van der Waals surface area contributed by atoms with E-state index in [1.165, 1.54) is 12.8 Å². The van der Waals surface area contributed by atoms with Gasteiger partial charge in [0.25, 0.3) is 0 Å². The van der Waals surface area contributed by atoms with E-state index >= 15 is 0 Å². The van der Waals surface area contributed by atoms with Crippen molar-refractivity contribution in [3.63, 3.8) is 0 Å². The number of pyridine rings is 1. The maximum absolute atomic E-state index is 5.80. The molecule has 0 aliphatic rings. The zero-order valence-corrected chi connectivity index (χ0v) is 12.1. The molecule has 16 heavy (non-hydrogen) atoms. The maximum Gasteiger partial charge on any atom is 0.140 e. The van der Waals surface area contributed by atoms with Crippen molar-refractivity contribution in [2.45, 2.75) is 25.7 Å². The molecule has 0 spiro atoms. The van der Waals surface area contributed by atoms with E-state index in [1.807, 2.05) is 6.07 Å². The van der Waals surface area contributed by atoms with Crippen LogP contribution in [0.25, 0.3) is 0 Å². The van der Waals surface area contributed by atoms with E-state index in [-0.39, 0.29) is 0 Å². The first-order chi connectivity index (χ1) is 7.74. The van der Waals surface area contributed by atoms with Gasteiger partial charge in [0.2, 0.25) is 0 Å². The molecule has 0 saturated carbocycles. The summed E-state index contributed by atoms with van der Waals surface area (Å²) in [6, 6.07) is 1.84. The van der Waals surface area contributed by atoms with Gasteiger partial charge in [0, 0.05) is 18.6 Å². The predicted molar refractivity (Wildman–Crippen MR) is 74.6 cm³/mol. The molecular formula is C11H15BrCl2N2. The first-order valence-electron chi connectivity index (χ1n) is 5.35. The smallest absolute Gasteiger partial charge is 0.140 e. The SMILES string of the molecule is ClCCCCCCNc1ncc(Cl)cc1Br. The molecule has 1 heterocycles. The fraction of sp³-hybridized carbons (Fsp3) is 0.545. The van der Waals surface area contributed by atoms with Gasteiger partial charge in [-0.15, -0.1) is 11.6 Å². The summed E-state index contributed by atoms with van der Waals surface area (Å²) in [5.41, 5.74) is 0. The first kappa shape index (κ1) is 14.1. The highest BCUT2D eigenvalue weighted by molar-refractivity contribution is 9.10. The van der Waals surface area contributed by atoms with Crippen molar-refractivity contribution in [1.29, 1.82) is 0 Å². The number of nitrogens with one attached hydrogen (secondary N) is 1. The van der Waals surface area contributed by atoms with E-state index in [2.05, 4.69) is 26.2 Å². The number of alkyl halides is 1. The van der Waals surface area contributed by atoms with Crippen LogP contribution in [0, 0.1) is 0 Å². The van der Waals surface area contributed by atoms with Crippen LogP contribution in [0.5, 0.6) is 0 Å². The van der Waals surface area contributed by atoms with E-state index in [0.29, 0.717) is 5.02 Å². The monoisotopic (exact) mass is 324 g/mol. The molecule has 0 aliphatic heterocycles. The van der Waals surface area contributed by atoms with Crippen LogP contribution in [0.3, 0.4) is 0 Å². The molecule has 0 aliphatic carbocycles. The number of hydrogen-bond donors (Lipinski definition) is 1. The Morgan fingerprint density at radius 3 is 2.69 bits per heavy atom. The van der Waals surface area contributed by atoms with Crippen molar-refractivity contribution in [3.05, 3.63) is 21.8 Å². The Morgan fingerprint density at radius 1 is 1.25 bits per heavy atom. The summed E-state index contributed by atoms with van der Waals surface area (Å²) in [7, 11) is 0. The Bertz CT molecular complexity index is 321. The number of unbranched alkanes of at least 4 members (excludes halogenated alkanes) is 3. The zero-order chi connectivity index (χ0) is 11.8. The molecule has 90 valence electrons. The van der Waals surface area contributed by atoms with E-state index in [9.17, 15) is 0 Å². The fourth-order valence-electron chi connectivity index (χ4n) is 1.32. The third-order valence-corrected chi connectivity index (χ3v) is 3.24. The molecule has 2 nitrogen and oxygen atoms in total. The normalized spacial score (nSPS) is 10.4. The minimum Gasteiger partial charge on any atom is -0.369 e. The van der Waals surface area contributed by atoms with Crippen molar-refractivity contribution in [3.8, 4) is 0 Å². The van der Waals surface area contributed by atoms with Gasteiger partial charge in [0.15, 0.2) is 0 Å². The number of anilines is 1. The van der Waals surface area contributed by atoms with Crippen molar-refractivity contribution >= 4 is 44.9 Å². The van der Waals surface area contributed by atoms with E-state index < -0.39 is 0 Å². The average molecular weight is 326 g/mol. The topological polar surface area (TPSA) is 24.9 Å². The van der Waals surface area contributed by atoms with Crippen LogP contribution in [0.1, 0.15) is 25.7 Å². The van der Waals surface area contributed by atoms with Gasteiger partial charge < -0.3 is 5.32 Å². The van der Waals surface area contributed by atoms with Gasteiger partial charge in [-0.25, -0.2) is 4.98 Å². The second-order valence-corrected chi connectivity index (χ2v) is 5.18. The molecule has 0 amide bonds. The maximum atomic E-state index is 5.80. The lowest BCUT2D eigenvalue weighted by atomic mass is 10.2. The molecule has 1 aromatic rings. The summed E-state index contributed by atoms with van der Waals surface area (Å²) in [6.07, 6.45) is 6.27. The molecule has 0 radical (unpaired) electrons. The van der Waals surface area contributed by atoms with Crippen molar-refractivity contribution in [2.75, 3.05) is 17.7 Å². The van der Waals surface area contributed by atoms with Gasteiger partial charge in [-0.3, -0.25) is 0 Å². The summed E-state index contributed by atoms with van der Waals surface area (Å²) in [4.78, 5) is 4.20. The van der Waals surface area contributed by atoms with Crippen LogP contribution in [-0.4, -0.2) is 17.4 Å². The standard InChI is InChI=1S/C11H15BrCl2N2/c12-10-7-9(14)8-16-11(10)15-6-4-2-1-3-5-13/h7-8H,1-6H2,(H,15,16). The van der Waals surface area contributed by atoms with Gasteiger partial charge in [0.05, 0.1) is 9.50 Å². The lowest BCUT2D eigenvalue weighted by Crippen LogP contribution is -2.03. The molecule has 0 aromatic carbocycles. The minimum atomic E-state index is 0.638. The predicted octanol–water partition coefficient (Wildman–Crippen LogP) is 4.71. The number of hydrogen-bond acceptors (Lipinski definition) is 2. The Labute approximate surface area is 115 Å². The molecule has 1 N–H and O–H groups in total. The molecular weight excluding hydrogens is 311 g/mol. The number of aromatic nitrogens is 1. The summed E-state index contributed by atoms with van der Waals surface area (Å²) in [5, 5.41) is 3.91. The van der Waals surface area contributed by atoms with E-state index in [1.54, 1.807) is 6.20 Å². The molecule has 1 aromatic heterocycles. The third kappa shape index (κ3) is 5.37. The van der Waals surface area contributed by atoms with Crippen molar-refractivity contribution in [2.24, 2.45) is 0 Å². The Kier molecular flexibility index (Phi) is 7.17. The Morgan fingerprint density at radius 2 is 2.00 bits per heavy atom. The van der Waals surface area contributed by atoms with Crippen LogP contribution in [0.2, 0.25) is 5.02 Å². The first-order valence-corrected chi connectivity index (χ1v) is 7.05. The van der Waals surface area contributed by atoms with Crippen LogP contribution in [0.4, 0.5) is 5.82 Å². The minimum absolute atomic E-state index is 0.638. The second kappa shape index (κ2) is 8.15. The third-order valence-electron chi connectivity index (χ3n) is 2.16. The van der Waals surface area contributed by atoms with E-state index in [0.717, 1.165) is 35.6 Å². The Balaban J connectivity index is 2.21. The van der Waals surface area contributed by atoms with Gasteiger partial charge >= 0.3 is 0 Å². The lowest BCUT2D eigenvalue weighted by molar-refractivity contribution is 0.686. The van der Waals surface area contributed by atoms with Gasteiger partial charge in [-0.05, 0) is 34.8 Å². The zero-order valence-electron chi connectivity index (χ0n) is 8.98. The van der Waals surface area contributed by atoms with Crippen molar-refractivity contribution in [1.82, 2.24) is 4.98 Å². The fourth-order valence-corrected chi connectivity index (χ4v) is 2.29. The quantitative estimate of drug-likeness (QED) is 0.580. The average Bonchev–Trinajstić information content (AvgIpc) is 2.26. The van der Waals surface area contributed by atoms with Crippen molar-refractivity contribution < 1.29 is 0 Å². The molecule has 0 saturated heterocycles. The Hall–Kier alpha value is 0.01000. The number of rotatable bonds is 7. The second-order valence-electron chi connectivity index (χ2n) is 3.51. The number of nitrogens with zero attached hydrogens (tertiary/aromatic N) is 1. The summed E-state index contributed by atoms with van der Waals surface area (Å²) < 4.78 is 0.903. The largest absolute Gasteiger partial charge is 0.369 e. The summed E-state index contributed by atoms with van der Waals surface area (Å²) in [5.74, 6) is 1.61. The molecule has 0 bridgehead atoms. The van der Waals surface area contributed by atoms with Gasteiger partial charge in [-0.2, -0.15) is 0 Å². The highest BCUT2D eigenvalue weighted by atomic mass is 79.9. The highest BCUT2D eigenvalue weighted by Gasteiger charge is 2.00.